The van der Waals surface area contributed by atoms with Crippen LogP contribution in [-0.2, 0) is 0 Å². The van der Waals surface area contributed by atoms with Crippen LogP contribution < -0.4 is 4.74 Å². The molecule has 0 atom stereocenters. The molecule has 1 aromatic carbocycles. The molecule has 0 spiro atoms. The van der Waals surface area contributed by atoms with E-state index in [1.54, 1.807) is 18.2 Å². The van der Waals surface area contributed by atoms with Crippen LogP contribution in [0.3, 0.4) is 0 Å². The van der Waals surface area contributed by atoms with Crippen LogP contribution >= 0.6 is 0 Å². The fourth-order valence-electron chi connectivity index (χ4n) is 0.879. The third-order valence-corrected chi connectivity index (χ3v) is 1.41. The molecule has 0 aliphatic heterocycles. The standard InChI is InChI=1S/C10H10F2O/c1-3-8-4-6-9(7-5-8)13-10(2,11)12/h3-7H,1H2,2H3. The fraction of sp³-hybridized carbons (Fsp3) is 0.200. The summed E-state index contributed by atoms with van der Waals surface area (Å²) >= 11 is 0. The maximum atomic E-state index is 12.3. The van der Waals surface area contributed by atoms with E-state index in [0.29, 0.717) is 6.92 Å². The van der Waals surface area contributed by atoms with Gasteiger partial charge in [-0.25, -0.2) is 0 Å². The Kier molecular flexibility index (Phi) is 2.66. The number of hydrogen-bond donors (Lipinski definition) is 0. The Morgan fingerprint density at radius 3 is 2.23 bits per heavy atom. The van der Waals surface area contributed by atoms with E-state index in [0.717, 1.165) is 5.56 Å². The van der Waals surface area contributed by atoms with E-state index in [1.807, 2.05) is 0 Å². The van der Waals surface area contributed by atoms with Crippen LogP contribution in [0.5, 0.6) is 5.75 Å². The van der Waals surface area contributed by atoms with Crippen LogP contribution in [0.15, 0.2) is 30.8 Å². The lowest BCUT2D eigenvalue weighted by Crippen LogP contribution is -2.18. The predicted molar refractivity (Wildman–Crippen MR) is 47.8 cm³/mol. The van der Waals surface area contributed by atoms with Gasteiger partial charge in [-0.2, -0.15) is 8.78 Å². The van der Waals surface area contributed by atoms with E-state index >= 15 is 0 Å². The van der Waals surface area contributed by atoms with Crippen LogP contribution in [0.25, 0.3) is 6.08 Å². The summed E-state index contributed by atoms with van der Waals surface area (Å²) in [4.78, 5) is 0. The minimum absolute atomic E-state index is 0.151. The van der Waals surface area contributed by atoms with E-state index < -0.39 is 6.11 Å². The van der Waals surface area contributed by atoms with Gasteiger partial charge in [0.2, 0.25) is 0 Å². The Bertz CT molecular complexity index is 285. The van der Waals surface area contributed by atoms with Gasteiger partial charge in [0, 0.05) is 6.92 Å². The van der Waals surface area contributed by atoms with Gasteiger partial charge in [-0.15, -0.1) is 0 Å². The third-order valence-electron chi connectivity index (χ3n) is 1.41. The van der Waals surface area contributed by atoms with E-state index in [1.165, 1.54) is 12.1 Å². The van der Waals surface area contributed by atoms with Gasteiger partial charge in [-0.1, -0.05) is 24.8 Å². The summed E-state index contributed by atoms with van der Waals surface area (Å²) in [5.74, 6) is 0.151. The number of benzene rings is 1. The van der Waals surface area contributed by atoms with Crippen molar-refractivity contribution < 1.29 is 13.5 Å². The molecule has 1 nitrogen and oxygen atoms in total. The number of rotatable bonds is 3. The van der Waals surface area contributed by atoms with Crippen molar-refractivity contribution in [3.63, 3.8) is 0 Å². The maximum Gasteiger partial charge on any atom is 0.394 e. The highest BCUT2D eigenvalue weighted by molar-refractivity contribution is 5.48. The first kappa shape index (κ1) is 9.71. The summed E-state index contributed by atoms with van der Waals surface area (Å²) in [5, 5.41) is 0. The van der Waals surface area contributed by atoms with Gasteiger partial charge >= 0.3 is 6.11 Å². The van der Waals surface area contributed by atoms with Gasteiger partial charge in [0.05, 0.1) is 0 Å². The van der Waals surface area contributed by atoms with Crippen LogP contribution in [0.1, 0.15) is 12.5 Å². The molecule has 0 aliphatic rings. The van der Waals surface area contributed by atoms with Crippen molar-refractivity contribution in [1.29, 1.82) is 0 Å². The van der Waals surface area contributed by atoms with Gasteiger partial charge in [0.25, 0.3) is 0 Å². The SMILES string of the molecule is C=Cc1ccc(OC(C)(F)F)cc1. The first-order valence-electron chi connectivity index (χ1n) is 3.80. The molecule has 70 valence electrons. The molecule has 0 radical (unpaired) electrons. The van der Waals surface area contributed by atoms with E-state index in [9.17, 15) is 8.78 Å². The Morgan fingerprint density at radius 1 is 1.31 bits per heavy atom. The zero-order valence-electron chi connectivity index (χ0n) is 7.26. The Balaban J connectivity index is 2.75. The van der Waals surface area contributed by atoms with Gasteiger partial charge in [-0.3, -0.25) is 0 Å². The third kappa shape index (κ3) is 3.23. The smallest absolute Gasteiger partial charge is 0.394 e. The molecular weight excluding hydrogens is 174 g/mol. The van der Waals surface area contributed by atoms with E-state index in [-0.39, 0.29) is 5.75 Å². The van der Waals surface area contributed by atoms with Crippen molar-refractivity contribution in [3.05, 3.63) is 36.4 Å². The highest BCUT2D eigenvalue weighted by Crippen LogP contribution is 2.21. The molecule has 1 aromatic rings. The van der Waals surface area contributed by atoms with Crippen molar-refractivity contribution in [3.8, 4) is 5.75 Å². The number of hydrogen-bond acceptors (Lipinski definition) is 1. The Labute approximate surface area is 75.6 Å². The minimum atomic E-state index is -3.13. The fourth-order valence-corrected chi connectivity index (χ4v) is 0.879. The van der Waals surface area contributed by atoms with Crippen LogP contribution in [-0.4, -0.2) is 6.11 Å². The Morgan fingerprint density at radius 2 is 1.85 bits per heavy atom. The van der Waals surface area contributed by atoms with Crippen LogP contribution in [0.4, 0.5) is 8.78 Å². The van der Waals surface area contributed by atoms with Gasteiger partial charge in [-0.05, 0) is 17.7 Å². The highest BCUT2D eigenvalue weighted by atomic mass is 19.3. The predicted octanol–water partition coefficient (Wildman–Crippen LogP) is 3.32. The van der Waals surface area contributed by atoms with E-state index in [4.69, 9.17) is 0 Å². The molecule has 0 amide bonds. The zero-order chi connectivity index (χ0) is 9.90. The first-order chi connectivity index (χ1) is 6.01. The average Bonchev–Trinajstić information content (AvgIpc) is 2.03. The van der Waals surface area contributed by atoms with Crippen LogP contribution in [0.2, 0.25) is 0 Å². The summed E-state index contributed by atoms with van der Waals surface area (Å²) in [5.41, 5.74) is 0.867. The summed E-state index contributed by atoms with van der Waals surface area (Å²) < 4.78 is 29.0. The summed E-state index contributed by atoms with van der Waals surface area (Å²) in [6, 6.07) is 6.28. The molecule has 0 saturated carbocycles. The quantitative estimate of drug-likeness (QED) is 0.700. The average molecular weight is 184 g/mol. The summed E-state index contributed by atoms with van der Waals surface area (Å²) in [6.45, 7) is 4.25. The number of halogens is 2. The van der Waals surface area contributed by atoms with Gasteiger partial charge < -0.3 is 4.74 Å². The van der Waals surface area contributed by atoms with Crippen molar-refractivity contribution in [2.75, 3.05) is 0 Å². The lowest BCUT2D eigenvalue weighted by atomic mass is 10.2. The molecule has 0 unspecified atom stereocenters. The zero-order valence-corrected chi connectivity index (χ0v) is 7.26. The van der Waals surface area contributed by atoms with E-state index in [2.05, 4.69) is 11.3 Å². The van der Waals surface area contributed by atoms with Crippen molar-refractivity contribution in [1.82, 2.24) is 0 Å². The molecule has 0 saturated heterocycles. The van der Waals surface area contributed by atoms with Crippen LogP contribution in [0, 0.1) is 0 Å². The number of ether oxygens (including phenoxy) is 1. The lowest BCUT2D eigenvalue weighted by molar-refractivity contribution is -0.158. The second-order valence-electron chi connectivity index (χ2n) is 2.68. The second kappa shape index (κ2) is 3.56. The van der Waals surface area contributed by atoms with Crippen molar-refractivity contribution in [2.45, 2.75) is 13.0 Å². The van der Waals surface area contributed by atoms with Gasteiger partial charge in [0.1, 0.15) is 5.75 Å². The van der Waals surface area contributed by atoms with Gasteiger partial charge in [0.15, 0.2) is 0 Å². The molecule has 0 fully saturated rings. The maximum absolute atomic E-state index is 12.3. The molecule has 0 bridgehead atoms. The lowest BCUT2D eigenvalue weighted by Gasteiger charge is -2.12. The molecule has 0 N–H and O–H groups in total. The molecular formula is C10H10F2O. The molecule has 3 heteroatoms. The summed E-state index contributed by atoms with van der Waals surface area (Å²) in [6.07, 6.45) is -1.50. The largest absolute Gasteiger partial charge is 0.433 e. The van der Waals surface area contributed by atoms with Crippen molar-refractivity contribution >= 4 is 6.08 Å². The molecule has 1 rings (SSSR count). The number of alkyl halides is 2. The van der Waals surface area contributed by atoms with Crippen molar-refractivity contribution in [2.24, 2.45) is 0 Å². The molecule has 13 heavy (non-hydrogen) atoms. The monoisotopic (exact) mass is 184 g/mol. The minimum Gasteiger partial charge on any atom is -0.433 e. The second-order valence-corrected chi connectivity index (χ2v) is 2.68. The molecule has 0 aromatic heterocycles. The molecule has 0 aliphatic carbocycles. The molecule has 0 heterocycles. The summed E-state index contributed by atoms with van der Waals surface area (Å²) in [7, 11) is 0. The Hall–Kier alpha value is -1.38. The topological polar surface area (TPSA) is 9.23 Å². The highest BCUT2D eigenvalue weighted by Gasteiger charge is 2.22. The first-order valence-corrected chi connectivity index (χ1v) is 3.80. The normalized spacial score (nSPS) is 11.0.